The molecule has 0 saturated carbocycles. The van der Waals surface area contributed by atoms with Gasteiger partial charge in [-0.15, -0.1) is 0 Å². The Bertz CT molecular complexity index is 523. The number of para-hydroxylation sites is 1. The summed E-state index contributed by atoms with van der Waals surface area (Å²) in [7, 11) is 1.89. The number of aromatic nitrogens is 1. The molecule has 0 radical (unpaired) electrons. The van der Waals surface area contributed by atoms with E-state index in [-0.39, 0.29) is 0 Å². The van der Waals surface area contributed by atoms with Crippen molar-refractivity contribution < 1.29 is 4.74 Å². The molecular formula is C15H20N2O. The van der Waals surface area contributed by atoms with Gasteiger partial charge >= 0.3 is 0 Å². The number of pyridine rings is 1. The molecule has 0 amide bonds. The summed E-state index contributed by atoms with van der Waals surface area (Å²) in [6.07, 6.45) is 0. The summed E-state index contributed by atoms with van der Waals surface area (Å²) in [5.41, 5.74) is 2.12. The molecule has 1 N–H and O–H groups in total. The minimum absolute atomic E-state index is 0.552. The lowest BCUT2D eigenvalue weighted by molar-refractivity contribution is 0.0973. The number of benzene rings is 1. The van der Waals surface area contributed by atoms with Gasteiger partial charge in [0.05, 0.1) is 12.1 Å². The number of nitrogens with zero attached hydrogens (tertiary/aromatic N) is 1. The lowest BCUT2D eigenvalue weighted by atomic mass is 10.1. The molecule has 18 heavy (non-hydrogen) atoms. The average Bonchev–Trinajstić information content (AvgIpc) is 2.37. The van der Waals surface area contributed by atoms with Gasteiger partial charge in [0.15, 0.2) is 0 Å². The number of nitrogens with one attached hydrogen (secondary N) is 1. The van der Waals surface area contributed by atoms with Gasteiger partial charge in [0, 0.05) is 24.6 Å². The molecule has 0 aliphatic carbocycles. The Balaban J connectivity index is 2.24. The van der Waals surface area contributed by atoms with E-state index in [2.05, 4.69) is 36.3 Å². The molecule has 0 bridgehead atoms. The van der Waals surface area contributed by atoms with Crippen LogP contribution in [-0.4, -0.2) is 18.6 Å². The van der Waals surface area contributed by atoms with Crippen LogP contribution in [0.1, 0.15) is 19.4 Å². The maximum atomic E-state index is 5.69. The highest BCUT2D eigenvalue weighted by Gasteiger charge is 2.06. The van der Waals surface area contributed by atoms with Crippen molar-refractivity contribution in [3.63, 3.8) is 0 Å². The van der Waals surface area contributed by atoms with Crippen LogP contribution in [0.3, 0.4) is 0 Å². The van der Waals surface area contributed by atoms with Crippen LogP contribution < -0.4 is 5.32 Å². The molecule has 0 fully saturated rings. The predicted octanol–water partition coefficient (Wildman–Crippen LogP) is 3.45. The first kappa shape index (κ1) is 12.8. The van der Waals surface area contributed by atoms with Crippen molar-refractivity contribution in [3.8, 4) is 0 Å². The quantitative estimate of drug-likeness (QED) is 0.874. The number of hydrogen-bond acceptors (Lipinski definition) is 3. The fraction of sp³-hybridized carbons (Fsp3) is 0.400. The van der Waals surface area contributed by atoms with Crippen LogP contribution in [0.15, 0.2) is 30.3 Å². The highest BCUT2D eigenvalue weighted by atomic mass is 16.5. The summed E-state index contributed by atoms with van der Waals surface area (Å²) in [6, 6.07) is 10.3. The fourth-order valence-corrected chi connectivity index (χ4v) is 1.89. The third-order valence-corrected chi connectivity index (χ3v) is 2.75. The Hall–Kier alpha value is -1.61. The monoisotopic (exact) mass is 244 g/mol. The molecular weight excluding hydrogens is 224 g/mol. The zero-order chi connectivity index (χ0) is 13.0. The van der Waals surface area contributed by atoms with Gasteiger partial charge in [-0.25, -0.2) is 4.98 Å². The van der Waals surface area contributed by atoms with E-state index in [4.69, 9.17) is 4.74 Å². The Morgan fingerprint density at radius 2 is 2.06 bits per heavy atom. The van der Waals surface area contributed by atoms with E-state index in [0.717, 1.165) is 28.9 Å². The fourth-order valence-electron chi connectivity index (χ4n) is 1.89. The van der Waals surface area contributed by atoms with Crippen LogP contribution >= 0.6 is 0 Å². The molecule has 1 aromatic heterocycles. The van der Waals surface area contributed by atoms with E-state index in [0.29, 0.717) is 12.5 Å². The van der Waals surface area contributed by atoms with Gasteiger partial charge in [0.2, 0.25) is 0 Å². The van der Waals surface area contributed by atoms with Crippen molar-refractivity contribution in [2.24, 2.45) is 5.92 Å². The van der Waals surface area contributed by atoms with Gasteiger partial charge in [0.25, 0.3) is 0 Å². The van der Waals surface area contributed by atoms with Gasteiger partial charge in [-0.05, 0) is 18.1 Å². The van der Waals surface area contributed by atoms with Gasteiger partial charge in [-0.3, -0.25) is 0 Å². The predicted molar refractivity (Wildman–Crippen MR) is 75.8 cm³/mol. The number of fused-ring (bicyclic) bond motifs is 1. The molecule has 0 aliphatic heterocycles. The Labute approximate surface area is 108 Å². The van der Waals surface area contributed by atoms with Crippen LogP contribution in [0.2, 0.25) is 0 Å². The van der Waals surface area contributed by atoms with E-state index in [9.17, 15) is 0 Å². The summed E-state index contributed by atoms with van der Waals surface area (Å²) in [4.78, 5) is 4.60. The van der Waals surface area contributed by atoms with Crippen molar-refractivity contribution in [2.75, 3.05) is 19.0 Å². The molecule has 0 spiro atoms. The molecule has 3 nitrogen and oxygen atoms in total. The minimum atomic E-state index is 0.552. The molecule has 0 unspecified atom stereocenters. The normalized spacial score (nSPS) is 11.1. The van der Waals surface area contributed by atoms with E-state index in [1.54, 1.807) is 0 Å². The SMILES string of the molecule is CNc1nc2ccccc2cc1COCC(C)C. The first-order valence-corrected chi connectivity index (χ1v) is 6.35. The molecule has 2 aromatic rings. The number of ether oxygens (including phenoxy) is 1. The third-order valence-electron chi connectivity index (χ3n) is 2.75. The van der Waals surface area contributed by atoms with Crippen molar-refractivity contribution in [2.45, 2.75) is 20.5 Å². The molecule has 2 rings (SSSR count). The van der Waals surface area contributed by atoms with Crippen LogP contribution in [0, 0.1) is 5.92 Å². The van der Waals surface area contributed by atoms with Crippen molar-refractivity contribution >= 4 is 16.7 Å². The Morgan fingerprint density at radius 3 is 2.78 bits per heavy atom. The molecule has 3 heteroatoms. The van der Waals surface area contributed by atoms with Crippen LogP contribution in [0.25, 0.3) is 10.9 Å². The van der Waals surface area contributed by atoms with Crippen molar-refractivity contribution in [1.82, 2.24) is 4.98 Å². The summed E-state index contributed by atoms with van der Waals surface area (Å²) >= 11 is 0. The van der Waals surface area contributed by atoms with Gasteiger partial charge < -0.3 is 10.1 Å². The molecule has 0 saturated heterocycles. The molecule has 1 heterocycles. The first-order chi connectivity index (χ1) is 8.70. The number of anilines is 1. The molecule has 1 aromatic carbocycles. The molecule has 0 atom stereocenters. The third kappa shape index (κ3) is 2.99. The summed E-state index contributed by atoms with van der Waals surface area (Å²) in [5.74, 6) is 1.45. The zero-order valence-corrected chi connectivity index (χ0v) is 11.2. The van der Waals surface area contributed by atoms with Gasteiger partial charge in [0.1, 0.15) is 5.82 Å². The Kier molecular flexibility index (Phi) is 4.15. The zero-order valence-electron chi connectivity index (χ0n) is 11.2. The lowest BCUT2D eigenvalue weighted by Crippen LogP contribution is -2.05. The smallest absolute Gasteiger partial charge is 0.131 e. The summed E-state index contributed by atoms with van der Waals surface area (Å²) in [6.45, 7) is 5.68. The maximum absolute atomic E-state index is 5.69. The highest BCUT2D eigenvalue weighted by molar-refractivity contribution is 5.81. The summed E-state index contributed by atoms with van der Waals surface area (Å²) < 4.78 is 5.69. The number of hydrogen-bond donors (Lipinski definition) is 1. The number of rotatable bonds is 5. The topological polar surface area (TPSA) is 34.2 Å². The van der Waals surface area contributed by atoms with Gasteiger partial charge in [-0.1, -0.05) is 32.0 Å². The van der Waals surface area contributed by atoms with Crippen LogP contribution in [0.5, 0.6) is 0 Å². The largest absolute Gasteiger partial charge is 0.376 e. The van der Waals surface area contributed by atoms with E-state index >= 15 is 0 Å². The van der Waals surface area contributed by atoms with Crippen molar-refractivity contribution in [1.29, 1.82) is 0 Å². The van der Waals surface area contributed by atoms with Crippen LogP contribution in [-0.2, 0) is 11.3 Å². The first-order valence-electron chi connectivity index (χ1n) is 6.35. The second-order valence-corrected chi connectivity index (χ2v) is 4.85. The van der Waals surface area contributed by atoms with Crippen molar-refractivity contribution in [3.05, 3.63) is 35.9 Å². The second kappa shape index (κ2) is 5.83. The van der Waals surface area contributed by atoms with E-state index in [1.807, 2.05) is 25.2 Å². The standard InChI is InChI=1S/C15H20N2O/c1-11(2)9-18-10-13-8-12-6-4-5-7-14(12)17-15(13)16-3/h4-8,11H,9-10H2,1-3H3,(H,16,17). The van der Waals surface area contributed by atoms with Crippen LogP contribution in [0.4, 0.5) is 5.82 Å². The molecule has 0 aliphatic rings. The highest BCUT2D eigenvalue weighted by Crippen LogP contribution is 2.21. The van der Waals surface area contributed by atoms with Gasteiger partial charge in [-0.2, -0.15) is 0 Å². The average molecular weight is 244 g/mol. The molecule has 96 valence electrons. The van der Waals surface area contributed by atoms with E-state index < -0.39 is 0 Å². The second-order valence-electron chi connectivity index (χ2n) is 4.85. The Morgan fingerprint density at radius 1 is 1.28 bits per heavy atom. The maximum Gasteiger partial charge on any atom is 0.131 e. The minimum Gasteiger partial charge on any atom is -0.376 e. The summed E-state index contributed by atoms with van der Waals surface area (Å²) in [5, 5.41) is 4.29. The van der Waals surface area contributed by atoms with E-state index in [1.165, 1.54) is 0 Å². The lowest BCUT2D eigenvalue weighted by Gasteiger charge is -2.11.